The van der Waals surface area contributed by atoms with Gasteiger partial charge in [-0.3, -0.25) is 4.79 Å². The summed E-state index contributed by atoms with van der Waals surface area (Å²) in [5, 5.41) is 2.89. The highest BCUT2D eigenvalue weighted by molar-refractivity contribution is 5.91. The Hall–Kier alpha value is -2.75. The van der Waals surface area contributed by atoms with Crippen molar-refractivity contribution in [1.82, 2.24) is 5.32 Å². The normalized spacial score (nSPS) is 10.6. The minimum absolute atomic E-state index is 0.0918. The molecule has 2 aromatic rings. The first-order chi connectivity index (χ1) is 11.7. The van der Waals surface area contributed by atoms with Crippen LogP contribution < -0.4 is 14.8 Å². The van der Waals surface area contributed by atoms with Gasteiger partial charge in [-0.1, -0.05) is 30.3 Å². The van der Waals surface area contributed by atoms with Gasteiger partial charge in [0.1, 0.15) is 11.5 Å². The van der Waals surface area contributed by atoms with E-state index in [-0.39, 0.29) is 5.91 Å². The van der Waals surface area contributed by atoms with Gasteiger partial charge in [0.05, 0.1) is 14.2 Å². The number of aryl methyl sites for hydroxylation is 1. The Labute approximate surface area is 143 Å². The Morgan fingerprint density at radius 3 is 2.50 bits per heavy atom. The molecule has 2 aromatic carbocycles. The fraction of sp³-hybridized carbons (Fsp3) is 0.250. The van der Waals surface area contributed by atoms with Crippen molar-refractivity contribution in [3.05, 3.63) is 65.7 Å². The van der Waals surface area contributed by atoms with Gasteiger partial charge in [-0.15, -0.1) is 0 Å². The van der Waals surface area contributed by atoms with Crippen LogP contribution in [0.2, 0.25) is 0 Å². The topological polar surface area (TPSA) is 47.6 Å². The number of hydrogen-bond acceptors (Lipinski definition) is 3. The Morgan fingerprint density at radius 1 is 1.04 bits per heavy atom. The molecule has 0 aliphatic heterocycles. The van der Waals surface area contributed by atoms with Crippen molar-refractivity contribution < 1.29 is 14.3 Å². The molecule has 0 heterocycles. The second-order valence-electron chi connectivity index (χ2n) is 5.31. The maximum atomic E-state index is 11.8. The monoisotopic (exact) mass is 325 g/mol. The average molecular weight is 325 g/mol. The highest BCUT2D eigenvalue weighted by atomic mass is 16.5. The SMILES string of the molecule is COc1ccc(/C=C/C(=O)NCCCc2ccccc2OC)cc1. The Morgan fingerprint density at radius 2 is 1.79 bits per heavy atom. The number of carbonyl (C=O) groups is 1. The van der Waals surface area contributed by atoms with E-state index < -0.39 is 0 Å². The van der Waals surface area contributed by atoms with E-state index in [0.29, 0.717) is 6.54 Å². The van der Waals surface area contributed by atoms with Crippen LogP contribution in [0.3, 0.4) is 0 Å². The van der Waals surface area contributed by atoms with Gasteiger partial charge in [0.25, 0.3) is 0 Å². The molecule has 0 bridgehead atoms. The van der Waals surface area contributed by atoms with E-state index in [2.05, 4.69) is 5.32 Å². The molecule has 0 aliphatic carbocycles. The van der Waals surface area contributed by atoms with Crippen molar-refractivity contribution in [1.29, 1.82) is 0 Å². The van der Waals surface area contributed by atoms with Crippen LogP contribution in [0.15, 0.2) is 54.6 Å². The molecule has 0 aromatic heterocycles. The van der Waals surface area contributed by atoms with Crippen molar-refractivity contribution in [3.8, 4) is 11.5 Å². The molecule has 4 nitrogen and oxygen atoms in total. The fourth-order valence-corrected chi connectivity index (χ4v) is 2.35. The predicted molar refractivity (Wildman–Crippen MR) is 96.4 cm³/mol. The summed E-state index contributed by atoms with van der Waals surface area (Å²) in [7, 11) is 3.30. The van der Waals surface area contributed by atoms with E-state index in [0.717, 1.165) is 35.5 Å². The Bertz CT molecular complexity index is 678. The van der Waals surface area contributed by atoms with Crippen molar-refractivity contribution in [2.45, 2.75) is 12.8 Å². The maximum absolute atomic E-state index is 11.8. The van der Waals surface area contributed by atoms with Gasteiger partial charge in [-0.2, -0.15) is 0 Å². The lowest BCUT2D eigenvalue weighted by Crippen LogP contribution is -2.22. The number of hydrogen-bond donors (Lipinski definition) is 1. The van der Waals surface area contributed by atoms with Crippen LogP contribution in [0, 0.1) is 0 Å². The zero-order chi connectivity index (χ0) is 17.2. The number of carbonyl (C=O) groups excluding carboxylic acids is 1. The van der Waals surface area contributed by atoms with E-state index in [4.69, 9.17) is 9.47 Å². The third kappa shape index (κ3) is 5.47. The van der Waals surface area contributed by atoms with E-state index in [9.17, 15) is 4.79 Å². The Balaban J connectivity index is 1.73. The minimum atomic E-state index is -0.0918. The summed E-state index contributed by atoms with van der Waals surface area (Å²) in [6.07, 6.45) is 5.06. The molecule has 0 fully saturated rings. The molecule has 0 saturated carbocycles. The lowest BCUT2D eigenvalue weighted by atomic mass is 10.1. The number of para-hydroxylation sites is 1. The molecular formula is C20H23NO3. The molecule has 0 atom stereocenters. The lowest BCUT2D eigenvalue weighted by molar-refractivity contribution is -0.116. The highest BCUT2D eigenvalue weighted by Gasteiger charge is 2.01. The van der Waals surface area contributed by atoms with Crippen LogP contribution in [0.1, 0.15) is 17.5 Å². The van der Waals surface area contributed by atoms with Crippen molar-refractivity contribution in [2.24, 2.45) is 0 Å². The zero-order valence-corrected chi connectivity index (χ0v) is 14.1. The summed E-state index contributed by atoms with van der Waals surface area (Å²) in [4.78, 5) is 11.8. The summed E-state index contributed by atoms with van der Waals surface area (Å²) in [6.45, 7) is 0.629. The third-order valence-electron chi connectivity index (χ3n) is 3.66. The van der Waals surface area contributed by atoms with Gasteiger partial charge in [-0.05, 0) is 48.2 Å². The summed E-state index contributed by atoms with van der Waals surface area (Å²) in [6, 6.07) is 15.5. The standard InChI is InChI=1S/C20H23NO3/c1-23-18-12-9-16(10-13-18)11-14-20(22)21-15-5-7-17-6-3-4-8-19(17)24-2/h3-4,6,8-14H,5,7,15H2,1-2H3,(H,21,22)/b14-11+. The number of nitrogens with one attached hydrogen (secondary N) is 1. The molecular weight excluding hydrogens is 302 g/mol. The van der Waals surface area contributed by atoms with E-state index >= 15 is 0 Å². The second-order valence-corrected chi connectivity index (χ2v) is 5.31. The molecule has 1 N–H and O–H groups in total. The largest absolute Gasteiger partial charge is 0.497 e. The summed E-state index contributed by atoms with van der Waals surface area (Å²) < 4.78 is 10.4. The van der Waals surface area contributed by atoms with Crippen LogP contribution >= 0.6 is 0 Å². The highest BCUT2D eigenvalue weighted by Crippen LogP contribution is 2.18. The quantitative estimate of drug-likeness (QED) is 0.597. The number of ether oxygens (including phenoxy) is 2. The van der Waals surface area contributed by atoms with Crippen LogP contribution in [-0.2, 0) is 11.2 Å². The number of methoxy groups -OCH3 is 2. The fourth-order valence-electron chi connectivity index (χ4n) is 2.35. The maximum Gasteiger partial charge on any atom is 0.243 e. The van der Waals surface area contributed by atoms with E-state index in [1.807, 2.05) is 48.5 Å². The number of amides is 1. The molecule has 2 rings (SSSR count). The summed E-state index contributed by atoms with van der Waals surface area (Å²) >= 11 is 0. The molecule has 0 aliphatic rings. The van der Waals surface area contributed by atoms with Crippen LogP contribution in [0.5, 0.6) is 11.5 Å². The van der Waals surface area contributed by atoms with Crippen LogP contribution in [0.25, 0.3) is 6.08 Å². The van der Waals surface area contributed by atoms with Crippen LogP contribution in [0.4, 0.5) is 0 Å². The molecule has 0 spiro atoms. The second kappa shape index (κ2) is 9.40. The molecule has 0 radical (unpaired) electrons. The first-order valence-electron chi connectivity index (χ1n) is 7.95. The van der Waals surface area contributed by atoms with Gasteiger partial charge in [0.15, 0.2) is 0 Å². The molecule has 0 unspecified atom stereocenters. The lowest BCUT2D eigenvalue weighted by Gasteiger charge is -2.08. The Kier molecular flexibility index (Phi) is 6.90. The number of rotatable bonds is 8. The summed E-state index contributed by atoms with van der Waals surface area (Å²) in [5.74, 6) is 1.60. The molecule has 126 valence electrons. The number of benzene rings is 2. The molecule has 4 heteroatoms. The first kappa shape index (κ1) is 17.6. The van der Waals surface area contributed by atoms with E-state index in [1.54, 1.807) is 26.4 Å². The summed E-state index contributed by atoms with van der Waals surface area (Å²) in [5.41, 5.74) is 2.11. The van der Waals surface area contributed by atoms with Gasteiger partial charge >= 0.3 is 0 Å². The molecule has 0 saturated heterocycles. The molecule has 1 amide bonds. The van der Waals surface area contributed by atoms with Gasteiger partial charge in [-0.25, -0.2) is 0 Å². The smallest absolute Gasteiger partial charge is 0.243 e. The first-order valence-corrected chi connectivity index (χ1v) is 7.95. The zero-order valence-electron chi connectivity index (χ0n) is 14.1. The average Bonchev–Trinajstić information content (AvgIpc) is 2.64. The predicted octanol–water partition coefficient (Wildman–Crippen LogP) is 3.47. The third-order valence-corrected chi connectivity index (χ3v) is 3.66. The van der Waals surface area contributed by atoms with Crippen molar-refractivity contribution >= 4 is 12.0 Å². The van der Waals surface area contributed by atoms with Gasteiger partial charge in [0.2, 0.25) is 5.91 Å². The van der Waals surface area contributed by atoms with E-state index in [1.165, 1.54) is 0 Å². The molecule has 24 heavy (non-hydrogen) atoms. The van der Waals surface area contributed by atoms with Crippen molar-refractivity contribution in [3.63, 3.8) is 0 Å². The van der Waals surface area contributed by atoms with Crippen LogP contribution in [-0.4, -0.2) is 26.7 Å². The van der Waals surface area contributed by atoms with Crippen molar-refractivity contribution in [2.75, 3.05) is 20.8 Å². The minimum Gasteiger partial charge on any atom is -0.497 e. The van der Waals surface area contributed by atoms with Gasteiger partial charge in [0, 0.05) is 12.6 Å². The van der Waals surface area contributed by atoms with Gasteiger partial charge < -0.3 is 14.8 Å².